The van der Waals surface area contributed by atoms with Crippen molar-refractivity contribution < 1.29 is 17.9 Å². The van der Waals surface area contributed by atoms with Crippen molar-refractivity contribution in [1.29, 1.82) is 5.26 Å². The van der Waals surface area contributed by atoms with Crippen LogP contribution in [0.15, 0.2) is 70.6 Å². The molecular formula is C32H34N4O4S2Si. The molecule has 222 valence electrons. The number of rotatable bonds is 10. The first-order chi connectivity index (χ1) is 20.4. The summed E-state index contributed by atoms with van der Waals surface area (Å²) in [7, 11) is -5.26. The van der Waals surface area contributed by atoms with Crippen LogP contribution < -0.4 is 0 Å². The molecule has 5 aromatic rings. The molecule has 0 radical (unpaired) electrons. The third-order valence-electron chi connectivity index (χ3n) is 7.41. The second kappa shape index (κ2) is 11.8. The van der Waals surface area contributed by atoms with Gasteiger partial charge in [0, 0.05) is 36.7 Å². The number of nitriles is 1. The molecule has 0 aliphatic carbocycles. The van der Waals surface area contributed by atoms with E-state index < -0.39 is 18.1 Å². The van der Waals surface area contributed by atoms with Crippen LogP contribution in [0.4, 0.5) is 0 Å². The van der Waals surface area contributed by atoms with Crippen LogP contribution in [0, 0.1) is 25.2 Å². The van der Waals surface area contributed by atoms with Crippen molar-refractivity contribution in [2.24, 2.45) is 0 Å². The minimum absolute atomic E-state index is 0.101. The van der Waals surface area contributed by atoms with Gasteiger partial charge in [0.1, 0.15) is 6.73 Å². The Bertz CT molecular complexity index is 2020. The lowest BCUT2D eigenvalue weighted by atomic mass is 10.0. The number of ether oxygens (including phenoxy) is 1. The van der Waals surface area contributed by atoms with Gasteiger partial charge in [0.25, 0.3) is 10.0 Å². The van der Waals surface area contributed by atoms with E-state index in [4.69, 9.17) is 9.72 Å². The zero-order valence-corrected chi connectivity index (χ0v) is 27.8. The van der Waals surface area contributed by atoms with Gasteiger partial charge in [-0.05, 0) is 74.2 Å². The maximum atomic E-state index is 14.5. The lowest BCUT2D eigenvalue weighted by molar-refractivity contribution is 0.0834. The normalized spacial score (nSPS) is 12.2. The molecule has 2 aromatic heterocycles. The summed E-state index contributed by atoms with van der Waals surface area (Å²) in [5, 5.41) is 10.1. The van der Waals surface area contributed by atoms with Crippen LogP contribution in [-0.4, -0.2) is 48.7 Å². The van der Waals surface area contributed by atoms with Crippen LogP contribution in [0.25, 0.3) is 21.9 Å². The fourth-order valence-electron chi connectivity index (χ4n) is 5.03. The second-order valence-corrected chi connectivity index (χ2v) is 20.1. The Morgan fingerprint density at radius 2 is 1.79 bits per heavy atom. The van der Waals surface area contributed by atoms with E-state index in [1.165, 1.54) is 21.9 Å². The number of imidazole rings is 1. The van der Waals surface area contributed by atoms with Crippen molar-refractivity contribution in [2.75, 3.05) is 12.9 Å². The predicted molar refractivity (Wildman–Crippen MR) is 174 cm³/mol. The molecule has 0 spiro atoms. The van der Waals surface area contributed by atoms with Crippen molar-refractivity contribution in [3.05, 3.63) is 88.9 Å². The lowest BCUT2D eigenvalue weighted by Gasteiger charge is -2.17. The minimum Gasteiger partial charge on any atom is -0.361 e. The van der Waals surface area contributed by atoms with Gasteiger partial charge >= 0.3 is 0 Å². The van der Waals surface area contributed by atoms with E-state index in [0.29, 0.717) is 39.7 Å². The maximum absolute atomic E-state index is 14.5. The van der Waals surface area contributed by atoms with Gasteiger partial charge in [0.2, 0.25) is 5.78 Å². The number of aryl methyl sites for hydroxylation is 2. The van der Waals surface area contributed by atoms with Gasteiger partial charge in [0.05, 0.1) is 33.1 Å². The van der Waals surface area contributed by atoms with E-state index in [2.05, 4.69) is 25.7 Å². The number of aromatic nitrogens is 3. The van der Waals surface area contributed by atoms with Gasteiger partial charge < -0.3 is 4.74 Å². The van der Waals surface area contributed by atoms with Gasteiger partial charge in [-0.1, -0.05) is 37.3 Å². The fourth-order valence-corrected chi connectivity index (χ4v) is 7.90. The minimum atomic E-state index is -3.92. The van der Waals surface area contributed by atoms with E-state index in [9.17, 15) is 18.5 Å². The number of ketones is 1. The molecule has 43 heavy (non-hydrogen) atoms. The topological polar surface area (TPSA) is 107 Å². The number of carbonyl (C=O) groups excluding carboxylic acids is 1. The van der Waals surface area contributed by atoms with Crippen molar-refractivity contribution in [3.8, 4) is 6.07 Å². The SMILES string of the molecule is CSc1cc(C)c2c(ccn2S(=O)(=O)c2ccc(C)cc2)c1C(=O)c1nc2ccc(C#N)cc2n1COCC[Si](C)(C)C. The van der Waals surface area contributed by atoms with Crippen LogP contribution in [0.5, 0.6) is 0 Å². The number of thioether (sulfide) groups is 1. The molecule has 5 rings (SSSR count). The molecule has 0 atom stereocenters. The molecule has 8 nitrogen and oxygen atoms in total. The molecule has 0 aliphatic heterocycles. The molecule has 2 heterocycles. The van der Waals surface area contributed by atoms with Crippen LogP contribution >= 0.6 is 11.8 Å². The summed E-state index contributed by atoms with van der Waals surface area (Å²) in [6.45, 7) is 11.2. The Balaban J connectivity index is 1.67. The van der Waals surface area contributed by atoms with Crippen LogP contribution in [-0.2, 0) is 21.5 Å². The summed E-state index contributed by atoms with van der Waals surface area (Å²) in [5.41, 5.74) is 4.18. The Morgan fingerprint density at radius 3 is 2.44 bits per heavy atom. The Kier molecular flexibility index (Phi) is 8.42. The average molecular weight is 631 g/mol. The van der Waals surface area contributed by atoms with E-state index in [1.807, 2.05) is 26.2 Å². The number of fused-ring (bicyclic) bond motifs is 2. The van der Waals surface area contributed by atoms with Crippen LogP contribution in [0.1, 0.15) is 32.9 Å². The summed E-state index contributed by atoms with van der Waals surface area (Å²) < 4.78 is 36.5. The third kappa shape index (κ3) is 5.93. The van der Waals surface area contributed by atoms with Crippen LogP contribution in [0.3, 0.4) is 0 Å². The Morgan fingerprint density at radius 1 is 1.07 bits per heavy atom. The zero-order valence-electron chi connectivity index (χ0n) is 25.1. The first-order valence-corrected chi connectivity index (χ1v) is 20.3. The first kappa shape index (κ1) is 30.8. The Hall–Kier alpha value is -3.69. The van der Waals surface area contributed by atoms with E-state index in [-0.39, 0.29) is 23.2 Å². The molecule has 0 saturated carbocycles. The molecule has 11 heteroatoms. The molecule has 0 amide bonds. The van der Waals surface area contributed by atoms with Gasteiger partial charge in [-0.15, -0.1) is 11.8 Å². The fraction of sp³-hybridized carbons (Fsp3) is 0.281. The number of hydrogen-bond acceptors (Lipinski definition) is 7. The molecule has 0 fully saturated rings. The monoisotopic (exact) mass is 630 g/mol. The van der Waals surface area contributed by atoms with Crippen molar-refractivity contribution in [3.63, 3.8) is 0 Å². The summed E-state index contributed by atoms with van der Waals surface area (Å²) in [6, 6.07) is 18.5. The standard InChI is InChI=1S/C32H34N4O4S2Si/c1-21-7-10-24(11-8-21)42(38,39)36-14-13-25-29(28(41-3)17-22(2)30(25)36)31(37)32-34-26-12-9-23(19-33)18-27(26)35(32)20-40-15-16-43(4,5)6/h7-14,17-18H,15-16,20H2,1-6H3. The van der Waals surface area contributed by atoms with E-state index in [1.54, 1.807) is 53.1 Å². The predicted octanol–water partition coefficient (Wildman–Crippen LogP) is 6.98. The third-order valence-corrected chi connectivity index (χ3v) is 11.6. The quantitative estimate of drug-likeness (QED) is 0.0709. The summed E-state index contributed by atoms with van der Waals surface area (Å²) in [6.07, 6.45) is 3.40. The molecule has 0 aliphatic rings. The highest BCUT2D eigenvalue weighted by atomic mass is 32.2. The van der Waals surface area contributed by atoms with E-state index >= 15 is 0 Å². The highest BCUT2D eigenvalue weighted by molar-refractivity contribution is 7.98. The van der Waals surface area contributed by atoms with Crippen molar-refractivity contribution in [1.82, 2.24) is 13.5 Å². The molecule has 0 N–H and O–H groups in total. The molecule has 3 aromatic carbocycles. The van der Waals surface area contributed by atoms with Gasteiger partial charge in [-0.25, -0.2) is 17.4 Å². The average Bonchev–Trinajstić information content (AvgIpc) is 3.57. The van der Waals surface area contributed by atoms with Crippen molar-refractivity contribution >= 4 is 57.6 Å². The number of hydrogen-bond donors (Lipinski definition) is 0. The summed E-state index contributed by atoms with van der Waals surface area (Å²) in [5.74, 6) is -0.170. The molecular weight excluding hydrogens is 597 g/mol. The highest BCUT2D eigenvalue weighted by Gasteiger charge is 2.28. The smallest absolute Gasteiger partial charge is 0.268 e. The first-order valence-electron chi connectivity index (χ1n) is 13.9. The zero-order chi connectivity index (χ0) is 31.1. The molecule has 0 bridgehead atoms. The molecule has 0 saturated heterocycles. The maximum Gasteiger partial charge on any atom is 0.268 e. The number of nitrogens with zero attached hydrogens (tertiary/aromatic N) is 4. The highest BCUT2D eigenvalue weighted by Crippen LogP contribution is 2.36. The lowest BCUT2D eigenvalue weighted by Crippen LogP contribution is -2.22. The summed E-state index contributed by atoms with van der Waals surface area (Å²) in [4.78, 5) is 20.1. The van der Waals surface area contributed by atoms with Gasteiger partial charge in [-0.3, -0.25) is 9.36 Å². The summed E-state index contributed by atoms with van der Waals surface area (Å²) >= 11 is 1.42. The second-order valence-electron chi connectivity index (χ2n) is 11.8. The van der Waals surface area contributed by atoms with Crippen molar-refractivity contribution in [2.45, 2.75) is 56.1 Å². The largest absolute Gasteiger partial charge is 0.361 e. The number of carbonyl (C=O) groups is 1. The van der Waals surface area contributed by atoms with Crippen LogP contribution in [0.2, 0.25) is 25.7 Å². The number of benzene rings is 3. The molecule has 0 unspecified atom stereocenters. The van der Waals surface area contributed by atoms with Gasteiger partial charge in [-0.2, -0.15) is 5.26 Å². The Labute approximate surface area is 257 Å². The van der Waals surface area contributed by atoms with E-state index in [0.717, 1.165) is 22.1 Å². The van der Waals surface area contributed by atoms with Gasteiger partial charge in [0.15, 0.2) is 5.82 Å².